The topological polar surface area (TPSA) is 44.4 Å². The number of nitrogens with zero attached hydrogens (tertiary/aromatic N) is 1. The molecule has 2 aromatic carbocycles. The quantitative estimate of drug-likeness (QED) is 0.785. The smallest absolute Gasteiger partial charge is 0.314 e. The van der Waals surface area contributed by atoms with Gasteiger partial charge in [-0.15, -0.1) is 0 Å². The highest BCUT2D eigenvalue weighted by Crippen LogP contribution is 2.25. The Labute approximate surface area is 164 Å². The van der Waals surface area contributed by atoms with Gasteiger partial charge in [0.25, 0.3) is 0 Å². The van der Waals surface area contributed by atoms with Crippen LogP contribution in [0.25, 0.3) is 0 Å². The summed E-state index contributed by atoms with van der Waals surface area (Å²) in [6.07, 6.45) is 0.971. The van der Waals surface area contributed by atoms with Crippen LogP contribution in [0.15, 0.2) is 48.5 Å². The lowest BCUT2D eigenvalue weighted by Crippen LogP contribution is -2.44. The minimum Gasteiger partial charge on any atom is -0.371 e. The van der Waals surface area contributed by atoms with Crippen molar-refractivity contribution >= 4 is 11.7 Å². The van der Waals surface area contributed by atoms with E-state index in [1.807, 2.05) is 13.8 Å². The molecular formula is C22H27F2N3O. The van der Waals surface area contributed by atoms with Gasteiger partial charge in [-0.3, -0.25) is 0 Å². The molecular weight excluding hydrogens is 360 g/mol. The summed E-state index contributed by atoms with van der Waals surface area (Å²) in [5.41, 5.74) is 1.08. The predicted molar refractivity (Wildman–Crippen MR) is 108 cm³/mol. The lowest BCUT2D eigenvalue weighted by Gasteiger charge is -2.26. The SMILES string of the molecule is CC(C)(CNC(=O)NCC1CCN(c2ccc(F)cc2)C1)c1ccccc1F. The first kappa shape index (κ1) is 20.1. The molecule has 4 nitrogen and oxygen atoms in total. The average Bonchev–Trinajstić information content (AvgIpc) is 3.14. The molecule has 0 aromatic heterocycles. The first-order valence-electron chi connectivity index (χ1n) is 9.62. The molecule has 1 heterocycles. The maximum atomic E-state index is 14.0. The van der Waals surface area contributed by atoms with Crippen LogP contribution in [0.4, 0.5) is 19.3 Å². The van der Waals surface area contributed by atoms with Crippen molar-refractivity contribution in [3.63, 3.8) is 0 Å². The van der Waals surface area contributed by atoms with Crippen molar-refractivity contribution in [2.24, 2.45) is 5.92 Å². The third-order valence-electron chi connectivity index (χ3n) is 5.32. The van der Waals surface area contributed by atoms with Gasteiger partial charge in [0.2, 0.25) is 0 Å². The van der Waals surface area contributed by atoms with Gasteiger partial charge in [-0.05, 0) is 48.2 Å². The minimum atomic E-state index is -0.505. The van der Waals surface area contributed by atoms with Crippen LogP contribution in [0.2, 0.25) is 0 Å². The summed E-state index contributed by atoms with van der Waals surface area (Å²) < 4.78 is 27.1. The van der Waals surface area contributed by atoms with Crippen LogP contribution in [-0.2, 0) is 5.41 Å². The molecule has 0 spiro atoms. The minimum absolute atomic E-state index is 0.240. The first-order chi connectivity index (χ1) is 13.3. The van der Waals surface area contributed by atoms with Crippen molar-refractivity contribution in [3.05, 3.63) is 65.7 Å². The molecule has 0 radical (unpaired) electrons. The van der Waals surface area contributed by atoms with Gasteiger partial charge in [0.15, 0.2) is 0 Å². The summed E-state index contributed by atoms with van der Waals surface area (Å²) in [4.78, 5) is 14.4. The number of hydrogen-bond donors (Lipinski definition) is 2. The van der Waals surface area contributed by atoms with Crippen molar-refractivity contribution in [2.75, 3.05) is 31.1 Å². The second-order valence-electron chi connectivity index (χ2n) is 8.00. The van der Waals surface area contributed by atoms with Crippen molar-refractivity contribution < 1.29 is 13.6 Å². The van der Waals surface area contributed by atoms with E-state index in [2.05, 4.69) is 15.5 Å². The van der Waals surface area contributed by atoms with Gasteiger partial charge in [-0.1, -0.05) is 32.0 Å². The molecule has 0 bridgehead atoms. The number of hydrogen-bond acceptors (Lipinski definition) is 2. The summed E-state index contributed by atoms with van der Waals surface area (Å²) >= 11 is 0. The number of anilines is 1. The maximum absolute atomic E-state index is 14.0. The zero-order chi connectivity index (χ0) is 20.1. The fraction of sp³-hybridized carbons (Fsp3) is 0.409. The second-order valence-corrected chi connectivity index (χ2v) is 8.00. The zero-order valence-corrected chi connectivity index (χ0v) is 16.3. The van der Waals surface area contributed by atoms with E-state index < -0.39 is 5.41 Å². The number of carbonyl (C=O) groups is 1. The van der Waals surface area contributed by atoms with Crippen LogP contribution in [0.1, 0.15) is 25.8 Å². The molecule has 2 N–H and O–H groups in total. The Bertz CT molecular complexity index is 808. The van der Waals surface area contributed by atoms with Crippen LogP contribution in [0.3, 0.4) is 0 Å². The number of rotatable bonds is 6. The molecule has 2 amide bonds. The van der Waals surface area contributed by atoms with Crippen LogP contribution in [0, 0.1) is 17.6 Å². The van der Waals surface area contributed by atoms with Crippen LogP contribution >= 0.6 is 0 Å². The third-order valence-corrected chi connectivity index (χ3v) is 5.32. The largest absolute Gasteiger partial charge is 0.371 e. The molecule has 1 fully saturated rings. The molecule has 1 unspecified atom stereocenters. The zero-order valence-electron chi connectivity index (χ0n) is 16.3. The fourth-order valence-corrected chi connectivity index (χ4v) is 3.59. The Morgan fingerprint density at radius 1 is 1.11 bits per heavy atom. The number of amides is 2. The Morgan fingerprint density at radius 3 is 2.54 bits per heavy atom. The number of carbonyl (C=O) groups excluding carboxylic acids is 1. The van der Waals surface area contributed by atoms with Gasteiger partial charge in [0.1, 0.15) is 11.6 Å². The summed E-state index contributed by atoms with van der Waals surface area (Å²) in [5.74, 6) is -0.159. The molecule has 1 saturated heterocycles. The fourth-order valence-electron chi connectivity index (χ4n) is 3.59. The number of urea groups is 1. The summed E-state index contributed by atoms with van der Waals surface area (Å²) in [6.45, 7) is 6.44. The normalized spacial score (nSPS) is 16.9. The standard InChI is InChI=1S/C22H27F2N3O/c1-22(2,19-5-3-4-6-20(19)24)15-26-21(28)25-13-16-11-12-27(14-16)18-9-7-17(23)8-10-18/h3-10,16H,11-15H2,1-2H3,(H2,25,26,28). The van der Waals surface area contributed by atoms with Crippen molar-refractivity contribution in [1.29, 1.82) is 0 Å². The Balaban J connectivity index is 1.43. The molecule has 1 aliphatic rings. The highest BCUT2D eigenvalue weighted by atomic mass is 19.1. The van der Waals surface area contributed by atoms with E-state index in [1.165, 1.54) is 18.2 Å². The number of nitrogens with one attached hydrogen (secondary N) is 2. The highest BCUT2D eigenvalue weighted by molar-refractivity contribution is 5.74. The van der Waals surface area contributed by atoms with Gasteiger partial charge in [-0.2, -0.15) is 0 Å². The number of halogens is 2. The molecule has 6 heteroatoms. The van der Waals surface area contributed by atoms with Crippen molar-refractivity contribution in [2.45, 2.75) is 25.7 Å². The van der Waals surface area contributed by atoms with E-state index in [4.69, 9.17) is 0 Å². The third kappa shape index (κ3) is 5.00. The van der Waals surface area contributed by atoms with E-state index in [9.17, 15) is 13.6 Å². The van der Waals surface area contributed by atoms with E-state index in [1.54, 1.807) is 30.3 Å². The van der Waals surface area contributed by atoms with Crippen molar-refractivity contribution in [3.8, 4) is 0 Å². The highest BCUT2D eigenvalue weighted by Gasteiger charge is 2.26. The van der Waals surface area contributed by atoms with Gasteiger partial charge < -0.3 is 15.5 Å². The molecule has 3 rings (SSSR count). The lowest BCUT2D eigenvalue weighted by atomic mass is 9.84. The van der Waals surface area contributed by atoms with Crippen LogP contribution in [0.5, 0.6) is 0 Å². The van der Waals surface area contributed by atoms with Gasteiger partial charge in [0.05, 0.1) is 0 Å². The van der Waals surface area contributed by atoms with Gasteiger partial charge in [-0.25, -0.2) is 13.6 Å². The summed E-state index contributed by atoms with van der Waals surface area (Å²) in [6, 6.07) is 12.9. The Hall–Kier alpha value is -2.63. The second kappa shape index (κ2) is 8.59. The Morgan fingerprint density at radius 2 is 1.82 bits per heavy atom. The summed E-state index contributed by atoms with van der Waals surface area (Å²) in [5, 5.41) is 5.76. The molecule has 150 valence electrons. The monoisotopic (exact) mass is 387 g/mol. The summed E-state index contributed by atoms with van der Waals surface area (Å²) in [7, 11) is 0. The number of benzene rings is 2. The molecule has 1 aliphatic heterocycles. The van der Waals surface area contributed by atoms with E-state index in [0.717, 1.165) is 25.2 Å². The average molecular weight is 387 g/mol. The van der Waals surface area contributed by atoms with E-state index in [0.29, 0.717) is 24.6 Å². The molecule has 1 atom stereocenters. The lowest BCUT2D eigenvalue weighted by molar-refractivity contribution is 0.236. The first-order valence-corrected chi connectivity index (χ1v) is 9.62. The molecule has 2 aromatic rings. The van der Waals surface area contributed by atoms with E-state index in [-0.39, 0.29) is 17.7 Å². The van der Waals surface area contributed by atoms with Crippen molar-refractivity contribution in [1.82, 2.24) is 10.6 Å². The Kier molecular flexibility index (Phi) is 6.17. The molecule has 0 aliphatic carbocycles. The molecule has 0 saturated carbocycles. The van der Waals surface area contributed by atoms with Gasteiger partial charge in [0, 0.05) is 37.3 Å². The van der Waals surface area contributed by atoms with Gasteiger partial charge >= 0.3 is 6.03 Å². The van der Waals surface area contributed by atoms with E-state index >= 15 is 0 Å². The van der Waals surface area contributed by atoms with Crippen LogP contribution < -0.4 is 15.5 Å². The molecule has 28 heavy (non-hydrogen) atoms. The van der Waals surface area contributed by atoms with Crippen LogP contribution in [-0.4, -0.2) is 32.2 Å². The maximum Gasteiger partial charge on any atom is 0.314 e. The predicted octanol–water partition coefficient (Wildman–Crippen LogP) is 4.07.